The summed E-state index contributed by atoms with van der Waals surface area (Å²) in [6.45, 7) is 9.42. The highest BCUT2D eigenvalue weighted by Crippen LogP contribution is 2.62. The zero-order chi connectivity index (χ0) is 7.07. The molecule has 0 radical (unpaired) electrons. The third kappa shape index (κ3) is 0.720. The predicted octanol–water partition coefficient (Wildman–Crippen LogP) is 3.08. The molecule has 0 nitrogen and oxygen atoms in total. The fraction of sp³-hybridized carbons (Fsp3) is 1.00. The minimum atomic E-state index is 0.750. The average Bonchev–Trinajstić information content (AvgIpc) is 2.39. The largest absolute Gasteiger partial charge is 0.0648 e. The first-order chi connectivity index (χ1) is 4.19. The maximum absolute atomic E-state index is 2.39. The molecule has 0 N–H and O–H groups in total. The van der Waals surface area contributed by atoms with E-state index in [1.165, 1.54) is 12.8 Å². The molecular formula is C9H18. The quantitative estimate of drug-likeness (QED) is 0.533. The van der Waals surface area contributed by atoms with Crippen LogP contribution in [0.25, 0.3) is 0 Å². The lowest BCUT2D eigenvalue weighted by molar-refractivity contribution is 0.411. The van der Waals surface area contributed by atoms with E-state index in [1.807, 2.05) is 0 Å². The number of hydrogen-bond donors (Lipinski definition) is 0. The maximum Gasteiger partial charge on any atom is -0.0246 e. The van der Waals surface area contributed by atoms with Gasteiger partial charge >= 0.3 is 0 Å². The van der Waals surface area contributed by atoms with Crippen LogP contribution in [-0.2, 0) is 0 Å². The van der Waals surface area contributed by atoms with Crippen LogP contribution >= 0.6 is 0 Å². The zero-order valence-corrected chi connectivity index (χ0v) is 7.07. The van der Waals surface area contributed by atoms with Gasteiger partial charge in [-0.15, -0.1) is 0 Å². The Hall–Kier alpha value is 0. The second-order valence-electron chi connectivity index (χ2n) is 3.52. The number of rotatable bonds is 2. The van der Waals surface area contributed by atoms with Gasteiger partial charge in [-0.3, -0.25) is 0 Å². The molecule has 0 aromatic carbocycles. The van der Waals surface area contributed by atoms with Gasteiger partial charge in [0.05, 0.1) is 0 Å². The second kappa shape index (κ2) is 2.00. The summed E-state index contributed by atoms with van der Waals surface area (Å²) in [4.78, 5) is 0. The van der Waals surface area contributed by atoms with Crippen LogP contribution in [0.1, 0.15) is 40.5 Å². The average molecular weight is 126 g/mol. The van der Waals surface area contributed by atoms with Crippen molar-refractivity contribution in [2.24, 2.45) is 17.3 Å². The van der Waals surface area contributed by atoms with Crippen molar-refractivity contribution < 1.29 is 0 Å². The molecule has 1 saturated carbocycles. The van der Waals surface area contributed by atoms with Crippen LogP contribution < -0.4 is 0 Å². The van der Waals surface area contributed by atoms with E-state index >= 15 is 0 Å². The molecule has 9 heavy (non-hydrogen) atoms. The molecule has 0 spiro atoms. The monoisotopic (exact) mass is 126 g/mol. The highest BCUT2D eigenvalue weighted by atomic mass is 14.6. The summed E-state index contributed by atoms with van der Waals surface area (Å²) in [5.74, 6) is 1.99. The summed E-state index contributed by atoms with van der Waals surface area (Å²) in [5, 5.41) is 0. The molecule has 0 amide bonds. The summed E-state index contributed by atoms with van der Waals surface area (Å²) in [6.07, 6.45) is 2.76. The van der Waals surface area contributed by atoms with Gasteiger partial charge in [0, 0.05) is 0 Å². The lowest BCUT2D eigenvalue weighted by atomic mass is 9.96. The van der Waals surface area contributed by atoms with Gasteiger partial charge in [-0.2, -0.15) is 0 Å². The van der Waals surface area contributed by atoms with Gasteiger partial charge in [-0.1, -0.05) is 27.7 Å². The molecule has 0 aliphatic heterocycles. The molecule has 1 fully saturated rings. The standard InChI is InChI=1S/C9H18/c1-5-9(6-2)7(3)8(9)4/h7-8H,5-6H2,1-4H3. The smallest absolute Gasteiger partial charge is 0.0246 e. The summed E-state index contributed by atoms with van der Waals surface area (Å²) >= 11 is 0. The molecule has 2 unspecified atom stereocenters. The summed E-state index contributed by atoms with van der Waals surface area (Å²) in [7, 11) is 0. The number of hydrogen-bond acceptors (Lipinski definition) is 0. The normalized spacial score (nSPS) is 38.7. The first-order valence-corrected chi connectivity index (χ1v) is 4.19. The molecule has 54 valence electrons. The lowest BCUT2D eigenvalue weighted by Crippen LogP contribution is -1.99. The van der Waals surface area contributed by atoms with Crippen molar-refractivity contribution in [3.8, 4) is 0 Å². The molecule has 1 rings (SSSR count). The van der Waals surface area contributed by atoms with Gasteiger partial charge < -0.3 is 0 Å². The van der Waals surface area contributed by atoms with E-state index in [0.717, 1.165) is 17.3 Å². The molecular weight excluding hydrogens is 108 g/mol. The molecule has 0 aromatic rings. The van der Waals surface area contributed by atoms with Crippen LogP contribution in [0.15, 0.2) is 0 Å². The van der Waals surface area contributed by atoms with E-state index in [2.05, 4.69) is 27.7 Å². The van der Waals surface area contributed by atoms with Crippen LogP contribution in [0.5, 0.6) is 0 Å². The third-order valence-corrected chi connectivity index (χ3v) is 3.77. The fourth-order valence-corrected chi connectivity index (χ4v) is 2.49. The van der Waals surface area contributed by atoms with Gasteiger partial charge in [-0.05, 0) is 30.1 Å². The predicted molar refractivity (Wildman–Crippen MR) is 41.3 cm³/mol. The van der Waals surface area contributed by atoms with Gasteiger partial charge in [-0.25, -0.2) is 0 Å². The maximum atomic E-state index is 2.39. The van der Waals surface area contributed by atoms with Crippen LogP contribution in [0.3, 0.4) is 0 Å². The van der Waals surface area contributed by atoms with Gasteiger partial charge in [0.25, 0.3) is 0 Å². The van der Waals surface area contributed by atoms with E-state index in [-0.39, 0.29) is 0 Å². The van der Waals surface area contributed by atoms with E-state index in [9.17, 15) is 0 Å². The van der Waals surface area contributed by atoms with Crippen molar-refractivity contribution >= 4 is 0 Å². The Bertz CT molecular complexity index is 90.6. The van der Waals surface area contributed by atoms with Crippen molar-refractivity contribution in [1.82, 2.24) is 0 Å². The van der Waals surface area contributed by atoms with E-state index < -0.39 is 0 Å². The Morgan fingerprint density at radius 2 is 1.33 bits per heavy atom. The van der Waals surface area contributed by atoms with E-state index in [4.69, 9.17) is 0 Å². The summed E-state index contributed by atoms with van der Waals surface area (Å²) < 4.78 is 0. The molecule has 1 aliphatic rings. The van der Waals surface area contributed by atoms with Crippen molar-refractivity contribution in [2.75, 3.05) is 0 Å². The van der Waals surface area contributed by atoms with Crippen molar-refractivity contribution in [1.29, 1.82) is 0 Å². The highest BCUT2D eigenvalue weighted by molar-refractivity contribution is 5.04. The van der Waals surface area contributed by atoms with Crippen LogP contribution in [0, 0.1) is 17.3 Å². The molecule has 1 aliphatic carbocycles. The molecule has 0 aromatic heterocycles. The molecule has 2 atom stereocenters. The van der Waals surface area contributed by atoms with Crippen molar-refractivity contribution in [2.45, 2.75) is 40.5 Å². The van der Waals surface area contributed by atoms with Crippen LogP contribution in [0.4, 0.5) is 0 Å². The molecule has 0 bridgehead atoms. The zero-order valence-electron chi connectivity index (χ0n) is 7.07. The van der Waals surface area contributed by atoms with Gasteiger partial charge in [0.15, 0.2) is 0 Å². The minimum Gasteiger partial charge on any atom is -0.0648 e. The Labute approximate surface area is 58.7 Å². The second-order valence-corrected chi connectivity index (χ2v) is 3.52. The van der Waals surface area contributed by atoms with Gasteiger partial charge in [0.1, 0.15) is 0 Å². The SMILES string of the molecule is CCC1(CC)C(C)C1C. The summed E-state index contributed by atoms with van der Waals surface area (Å²) in [6, 6.07) is 0. The van der Waals surface area contributed by atoms with Crippen LogP contribution in [0.2, 0.25) is 0 Å². The molecule has 0 saturated heterocycles. The molecule has 0 heteroatoms. The Morgan fingerprint density at radius 3 is 1.33 bits per heavy atom. The van der Waals surface area contributed by atoms with E-state index in [0.29, 0.717) is 0 Å². The highest BCUT2D eigenvalue weighted by Gasteiger charge is 2.55. The van der Waals surface area contributed by atoms with Crippen LogP contribution in [-0.4, -0.2) is 0 Å². The third-order valence-electron chi connectivity index (χ3n) is 3.77. The Kier molecular flexibility index (Phi) is 1.58. The molecule has 0 heterocycles. The lowest BCUT2D eigenvalue weighted by Gasteiger charge is -2.09. The first-order valence-electron chi connectivity index (χ1n) is 4.19. The Balaban J connectivity index is 2.54. The van der Waals surface area contributed by atoms with E-state index in [1.54, 1.807) is 0 Å². The first kappa shape index (κ1) is 7.11. The summed E-state index contributed by atoms with van der Waals surface area (Å²) in [5.41, 5.74) is 0.750. The van der Waals surface area contributed by atoms with Gasteiger partial charge in [0.2, 0.25) is 0 Å². The minimum absolute atomic E-state index is 0.750. The van der Waals surface area contributed by atoms with Crippen molar-refractivity contribution in [3.63, 3.8) is 0 Å². The Morgan fingerprint density at radius 1 is 1.00 bits per heavy atom. The topological polar surface area (TPSA) is 0 Å². The fourth-order valence-electron chi connectivity index (χ4n) is 2.49. The van der Waals surface area contributed by atoms with Crippen molar-refractivity contribution in [3.05, 3.63) is 0 Å².